The van der Waals surface area contributed by atoms with Gasteiger partial charge in [-0.2, -0.15) is 5.26 Å². The molecule has 0 spiro atoms. The molecular formula is C41H37Cl2FN6O2. The average Bonchev–Trinajstić information content (AvgIpc) is 3.51. The Hall–Kier alpha value is -4.23. The number of hydrogen-bond donors (Lipinski definition) is 1. The molecular weight excluding hydrogens is 698 g/mol. The fraction of sp³-hybridized carbons (Fsp3) is 0.415. The summed E-state index contributed by atoms with van der Waals surface area (Å²) in [6.07, 6.45) is 6.80. The third kappa shape index (κ3) is 4.83. The maximum atomic E-state index is 17.3. The molecule has 52 heavy (non-hydrogen) atoms. The van der Waals surface area contributed by atoms with E-state index in [2.05, 4.69) is 31.9 Å². The lowest BCUT2D eigenvalue weighted by Crippen LogP contribution is -2.48. The van der Waals surface area contributed by atoms with Crippen molar-refractivity contribution in [2.45, 2.75) is 82.1 Å². The Balaban J connectivity index is 1.21. The zero-order chi connectivity index (χ0) is 35.4. The Bertz CT molecular complexity index is 2320. The number of aromatic nitrogens is 3. The predicted octanol–water partition coefficient (Wildman–Crippen LogP) is 8.51. The van der Waals surface area contributed by atoms with Crippen molar-refractivity contribution < 1.29 is 13.9 Å². The van der Waals surface area contributed by atoms with E-state index in [-0.39, 0.29) is 65.0 Å². The first-order valence-corrected chi connectivity index (χ1v) is 19.2. The summed E-state index contributed by atoms with van der Waals surface area (Å²) in [6, 6.07) is 17.7. The van der Waals surface area contributed by atoms with Crippen LogP contribution in [0.2, 0.25) is 10.0 Å². The van der Waals surface area contributed by atoms with Crippen molar-refractivity contribution in [2.75, 3.05) is 6.54 Å². The number of carbonyl (C=O) groups is 1. The van der Waals surface area contributed by atoms with Crippen molar-refractivity contribution in [3.05, 3.63) is 87.5 Å². The van der Waals surface area contributed by atoms with Crippen molar-refractivity contribution in [3.8, 4) is 23.1 Å². The molecule has 1 N–H and O–H groups in total. The molecule has 1 amide bonds. The van der Waals surface area contributed by atoms with E-state index in [4.69, 9.17) is 32.9 Å². The van der Waals surface area contributed by atoms with E-state index in [0.717, 1.165) is 60.9 Å². The van der Waals surface area contributed by atoms with E-state index in [9.17, 15) is 10.1 Å². The second-order valence-electron chi connectivity index (χ2n) is 15.4. The Morgan fingerprint density at radius 1 is 1.12 bits per heavy atom. The van der Waals surface area contributed by atoms with Gasteiger partial charge in [0.1, 0.15) is 11.6 Å². The number of nitrogens with zero attached hydrogens (tertiary/aromatic N) is 5. The van der Waals surface area contributed by atoms with Gasteiger partial charge in [0.15, 0.2) is 5.82 Å². The molecule has 3 aliphatic carbocycles. The maximum absolute atomic E-state index is 17.3. The van der Waals surface area contributed by atoms with Crippen LogP contribution in [0, 0.1) is 41.8 Å². The molecule has 5 aromatic rings. The SMILES string of the molecule is Cc1nc2c(F)c(-c3cccc(Cl)c3Cl)c(CCC#N)cc2c2c1cc(C1C3CC(CC3Oc3ccccn3)N1C(=O)C1CC1)n2C1C2CNC1C2. The molecule has 6 fully saturated rings. The molecule has 4 bridgehead atoms. The molecule has 3 aromatic heterocycles. The van der Waals surface area contributed by atoms with Gasteiger partial charge in [0.25, 0.3) is 0 Å². The largest absolute Gasteiger partial charge is 0.474 e. The van der Waals surface area contributed by atoms with E-state index < -0.39 is 5.82 Å². The number of aryl methyl sites for hydroxylation is 2. The van der Waals surface area contributed by atoms with Crippen molar-refractivity contribution in [3.63, 3.8) is 0 Å². The smallest absolute Gasteiger partial charge is 0.226 e. The fourth-order valence-electron chi connectivity index (χ4n) is 9.99. The summed E-state index contributed by atoms with van der Waals surface area (Å²) in [4.78, 5) is 25.8. The van der Waals surface area contributed by atoms with Crippen LogP contribution in [0.3, 0.4) is 0 Å². The average molecular weight is 736 g/mol. The number of halogens is 3. The van der Waals surface area contributed by atoms with Crippen LogP contribution >= 0.6 is 23.2 Å². The monoisotopic (exact) mass is 734 g/mol. The number of ether oxygens (including phenoxy) is 1. The maximum Gasteiger partial charge on any atom is 0.226 e. The minimum absolute atomic E-state index is 0.0717. The molecule has 8 nitrogen and oxygen atoms in total. The Morgan fingerprint density at radius 3 is 2.71 bits per heavy atom. The van der Waals surface area contributed by atoms with Crippen LogP contribution in [-0.4, -0.2) is 50.1 Å². The second kappa shape index (κ2) is 12.2. The van der Waals surface area contributed by atoms with E-state index in [0.29, 0.717) is 45.3 Å². The minimum Gasteiger partial charge on any atom is -0.474 e. The highest BCUT2D eigenvalue weighted by molar-refractivity contribution is 6.43. The van der Waals surface area contributed by atoms with Crippen LogP contribution in [0.4, 0.5) is 4.39 Å². The molecule has 6 heterocycles. The second-order valence-corrected chi connectivity index (χ2v) is 16.1. The van der Waals surface area contributed by atoms with Crippen LogP contribution in [0.5, 0.6) is 5.88 Å². The number of nitrogens with one attached hydrogen (secondary N) is 1. The standard InChI is InChI=1S/C41H37Cl2FN6O2/c1-20-26-18-31(40-27-16-24(49(40)41(51)21-10-11-21)17-32(27)52-33-9-2-3-13-46-33)50(38-23-15-30(38)47-19-23)39(26)28-14-22(6-5-12-45)34(36(44)37(28)48-20)25-7-4-8-29(42)35(25)43/h2-4,7-9,13-14,18,21,23-24,27,30,32,38,40,47H,5-6,10-11,15-17,19H2,1H3. The number of piperidine rings is 1. The molecule has 0 radical (unpaired) electrons. The van der Waals surface area contributed by atoms with Gasteiger partial charge in [-0.25, -0.2) is 14.4 Å². The molecule has 7 unspecified atom stereocenters. The molecule has 264 valence electrons. The van der Waals surface area contributed by atoms with Crippen molar-refractivity contribution in [1.29, 1.82) is 5.26 Å². The summed E-state index contributed by atoms with van der Waals surface area (Å²) in [5, 5.41) is 15.6. The molecule has 3 aliphatic heterocycles. The number of nitriles is 1. The van der Waals surface area contributed by atoms with Gasteiger partial charge in [-0.1, -0.05) is 41.4 Å². The van der Waals surface area contributed by atoms with Gasteiger partial charge in [-0.3, -0.25) is 4.79 Å². The van der Waals surface area contributed by atoms with Crippen LogP contribution in [0.1, 0.15) is 67.6 Å². The summed E-state index contributed by atoms with van der Waals surface area (Å²) in [5.41, 5.74) is 4.48. The number of hydrogen-bond acceptors (Lipinski definition) is 6. The zero-order valence-electron chi connectivity index (χ0n) is 28.7. The van der Waals surface area contributed by atoms with E-state index in [1.54, 1.807) is 24.4 Å². The van der Waals surface area contributed by atoms with Gasteiger partial charge in [-0.15, -0.1) is 0 Å². The van der Waals surface area contributed by atoms with Gasteiger partial charge < -0.3 is 19.5 Å². The number of amides is 1. The number of carbonyl (C=O) groups excluding carboxylic acids is 1. The molecule has 11 rings (SSSR count). The summed E-state index contributed by atoms with van der Waals surface area (Å²) in [7, 11) is 0. The van der Waals surface area contributed by atoms with Crippen LogP contribution < -0.4 is 10.1 Å². The summed E-state index contributed by atoms with van der Waals surface area (Å²) in [6.45, 7) is 2.86. The van der Waals surface area contributed by atoms with E-state index in [1.165, 1.54) is 0 Å². The van der Waals surface area contributed by atoms with Crippen LogP contribution in [-0.2, 0) is 11.2 Å². The highest BCUT2D eigenvalue weighted by Crippen LogP contribution is 2.57. The first-order valence-electron chi connectivity index (χ1n) is 18.4. The lowest BCUT2D eigenvalue weighted by Gasteiger charge is -2.43. The quantitative estimate of drug-likeness (QED) is 0.172. The highest BCUT2D eigenvalue weighted by atomic mass is 35.5. The van der Waals surface area contributed by atoms with Gasteiger partial charge in [0.05, 0.1) is 33.7 Å². The van der Waals surface area contributed by atoms with Crippen molar-refractivity contribution in [1.82, 2.24) is 24.8 Å². The topological polar surface area (TPSA) is 96.1 Å². The van der Waals surface area contributed by atoms with Gasteiger partial charge in [0, 0.05) is 88.9 Å². The zero-order valence-corrected chi connectivity index (χ0v) is 30.2. The summed E-state index contributed by atoms with van der Waals surface area (Å²) < 4.78 is 26.3. The Morgan fingerprint density at radius 2 is 1.98 bits per heavy atom. The molecule has 6 aliphatic rings. The van der Waals surface area contributed by atoms with Crippen LogP contribution in [0.25, 0.3) is 32.9 Å². The van der Waals surface area contributed by atoms with Gasteiger partial charge in [0.2, 0.25) is 11.8 Å². The Labute approximate surface area is 310 Å². The minimum atomic E-state index is -0.474. The third-order valence-electron chi connectivity index (χ3n) is 12.5. The predicted molar refractivity (Wildman–Crippen MR) is 198 cm³/mol. The normalized spacial score (nSPS) is 27.4. The number of benzene rings is 2. The van der Waals surface area contributed by atoms with Gasteiger partial charge in [-0.05, 0) is 74.8 Å². The number of fused-ring (bicyclic) bond motifs is 6. The third-order valence-corrected chi connectivity index (χ3v) is 13.3. The number of rotatable bonds is 8. The molecule has 11 heteroatoms. The lowest BCUT2D eigenvalue weighted by molar-refractivity contribution is -0.138. The fourth-order valence-corrected chi connectivity index (χ4v) is 10.4. The lowest BCUT2D eigenvalue weighted by atomic mass is 9.79. The molecule has 3 saturated carbocycles. The van der Waals surface area contributed by atoms with Crippen LogP contribution in [0.15, 0.2) is 54.7 Å². The number of likely N-dealkylation sites (tertiary alicyclic amines) is 1. The molecule has 2 aromatic carbocycles. The molecule has 3 saturated heterocycles. The van der Waals surface area contributed by atoms with Crippen molar-refractivity contribution in [2.24, 2.45) is 17.8 Å². The summed E-state index contributed by atoms with van der Waals surface area (Å²) >= 11 is 13.1. The van der Waals surface area contributed by atoms with Gasteiger partial charge >= 0.3 is 0 Å². The molecule has 7 atom stereocenters. The van der Waals surface area contributed by atoms with E-state index in [1.807, 2.05) is 31.2 Å². The summed E-state index contributed by atoms with van der Waals surface area (Å²) in [5.74, 6) is 0.937. The Kier molecular flexibility index (Phi) is 7.58. The number of pyridine rings is 2. The first-order chi connectivity index (χ1) is 25.3. The first kappa shape index (κ1) is 32.4. The highest BCUT2D eigenvalue weighted by Gasteiger charge is 2.58. The van der Waals surface area contributed by atoms with Crippen molar-refractivity contribution >= 4 is 50.9 Å². The van der Waals surface area contributed by atoms with E-state index >= 15 is 4.39 Å².